The minimum absolute atomic E-state index is 0.0117. The third-order valence-electron chi connectivity index (χ3n) is 1.30. The standard InChI is InChI=1S/C8H6F2N2S/c9-6-3-5(12)4-7(10)8(6)13-2-1-11/h3-4H,2,12H2. The smallest absolute Gasteiger partial charge is 0.141 e. The molecule has 1 aromatic carbocycles. The maximum atomic E-state index is 13.0. The molecule has 0 unspecified atom stereocenters. The first-order valence-electron chi connectivity index (χ1n) is 3.39. The average Bonchev–Trinajstić information content (AvgIpc) is 2.02. The molecule has 0 saturated carbocycles. The number of benzene rings is 1. The van der Waals surface area contributed by atoms with E-state index >= 15 is 0 Å². The molecule has 68 valence electrons. The largest absolute Gasteiger partial charge is 0.399 e. The van der Waals surface area contributed by atoms with Crippen LogP contribution in [0.25, 0.3) is 0 Å². The van der Waals surface area contributed by atoms with E-state index in [1.165, 1.54) is 0 Å². The Balaban J connectivity index is 3.00. The van der Waals surface area contributed by atoms with Crippen molar-refractivity contribution in [1.29, 1.82) is 5.26 Å². The van der Waals surface area contributed by atoms with Gasteiger partial charge in [-0.05, 0) is 12.1 Å². The summed E-state index contributed by atoms with van der Waals surface area (Å²) in [6.45, 7) is 0. The molecule has 5 heteroatoms. The van der Waals surface area contributed by atoms with Crippen LogP contribution >= 0.6 is 11.8 Å². The van der Waals surface area contributed by atoms with Crippen molar-refractivity contribution in [3.05, 3.63) is 23.8 Å². The van der Waals surface area contributed by atoms with Gasteiger partial charge in [0.25, 0.3) is 0 Å². The molecule has 0 aliphatic heterocycles. The molecule has 0 aliphatic carbocycles. The van der Waals surface area contributed by atoms with Gasteiger partial charge in [-0.3, -0.25) is 0 Å². The second-order valence-electron chi connectivity index (χ2n) is 2.26. The second-order valence-corrected chi connectivity index (χ2v) is 3.25. The molecule has 1 rings (SSSR count). The van der Waals surface area contributed by atoms with Gasteiger partial charge >= 0.3 is 0 Å². The third kappa shape index (κ3) is 2.33. The highest BCUT2D eigenvalue weighted by Crippen LogP contribution is 2.26. The van der Waals surface area contributed by atoms with Crippen molar-refractivity contribution in [2.24, 2.45) is 0 Å². The van der Waals surface area contributed by atoms with Crippen LogP contribution in [0.5, 0.6) is 0 Å². The molecule has 0 heterocycles. The Hall–Kier alpha value is -1.28. The highest BCUT2D eigenvalue weighted by atomic mass is 32.2. The van der Waals surface area contributed by atoms with Crippen molar-refractivity contribution in [1.82, 2.24) is 0 Å². The van der Waals surface area contributed by atoms with E-state index in [9.17, 15) is 8.78 Å². The average molecular weight is 200 g/mol. The van der Waals surface area contributed by atoms with Crippen molar-refractivity contribution >= 4 is 17.4 Å². The van der Waals surface area contributed by atoms with E-state index in [1.54, 1.807) is 6.07 Å². The fourth-order valence-electron chi connectivity index (χ4n) is 0.822. The Morgan fingerprint density at radius 3 is 2.38 bits per heavy atom. The van der Waals surface area contributed by atoms with Gasteiger partial charge in [-0.25, -0.2) is 8.78 Å². The Morgan fingerprint density at radius 1 is 1.38 bits per heavy atom. The molecule has 13 heavy (non-hydrogen) atoms. The third-order valence-corrected chi connectivity index (χ3v) is 2.25. The van der Waals surface area contributed by atoms with E-state index in [0.29, 0.717) is 0 Å². The lowest BCUT2D eigenvalue weighted by Gasteiger charge is -2.02. The lowest BCUT2D eigenvalue weighted by Crippen LogP contribution is -1.93. The van der Waals surface area contributed by atoms with E-state index in [4.69, 9.17) is 11.0 Å². The van der Waals surface area contributed by atoms with E-state index in [1.807, 2.05) is 0 Å². The number of anilines is 1. The zero-order valence-electron chi connectivity index (χ0n) is 6.55. The molecule has 0 spiro atoms. The highest BCUT2D eigenvalue weighted by Gasteiger charge is 2.10. The molecule has 0 aromatic heterocycles. The summed E-state index contributed by atoms with van der Waals surface area (Å²) in [6, 6.07) is 3.84. The monoisotopic (exact) mass is 200 g/mol. The van der Waals surface area contributed by atoms with E-state index in [-0.39, 0.29) is 16.3 Å². The van der Waals surface area contributed by atoms with Crippen LogP contribution < -0.4 is 5.73 Å². The van der Waals surface area contributed by atoms with Gasteiger partial charge in [0.05, 0.1) is 16.7 Å². The lowest BCUT2D eigenvalue weighted by atomic mass is 10.3. The summed E-state index contributed by atoms with van der Waals surface area (Å²) in [5.74, 6) is -1.44. The van der Waals surface area contributed by atoms with Crippen molar-refractivity contribution in [3.63, 3.8) is 0 Å². The number of halogens is 2. The van der Waals surface area contributed by atoms with E-state index < -0.39 is 11.6 Å². The molecule has 0 bridgehead atoms. The number of hydrogen-bond donors (Lipinski definition) is 1. The predicted octanol–water partition coefficient (Wildman–Crippen LogP) is 2.16. The van der Waals surface area contributed by atoms with Crippen LogP contribution in [0.3, 0.4) is 0 Å². The number of rotatable bonds is 2. The van der Waals surface area contributed by atoms with E-state index in [2.05, 4.69) is 0 Å². The molecule has 2 nitrogen and oxygen atoms in total. The summed E-state index contributed by atoms with van der Waals surface area (Å²) < 4.78 is 26.0. The normalized spacial score (nSPS) is 9.62. The summed E-state index contributed by atoms with van der Waals surface area (Å²) in [5.41, 5.74) is 5.24. The van der Waals surface area contributed by atoms with Crippen molar-refractivity contribution in [2.75, 3.05) is 11.5 Å². The minimum Gasteiger partial charge on any atom is -0.399 e. The Kier molecular flexibility index (Phi) is 3.09. The molecule has 1 aromatic rings. The Morgan fingerprint density at radius 2 is 1.92 bits per heavy atom. The number of nitrogens with zero attached hydrogens (tertiary/aromatic N) is 1. The zero-order chi connectivity index (χ0) is 9.84. The second kappa shape index (κ2) is 4.10. The van der Waals surface area contributed by atoms with Crippen LogP contribution in [0.15, 0.2) is 17.0 Å². The van der Waals surface area contributed by atoms with Gasteiger partial charge in [0.1, 0.15) is 11.6 Å². The SMILES string of the molecule is N#CCSc1c(F)cc(N)cc1F. The number of nitriles is 1. The minimum atomic E-state index is -0.724. The lowest BCUT2D eigenvalue weighted by molar-refractivity contribution is 0.542. The van der Waals surface area contributed by atoms with Gasteiger partial charge in [0, 0.05) is 5.69 Å². The van der Waals surface area contributed by atoms with Gasteiger partial charge in [0.2, 0.25) is 0 Å². The van der Waals surface area contributed by atoms with Crippen LogP contribution in [-0.4, -0.2) is 5.75 Å². The molecule has 0 aliphatic rings. The molecule has 0 atom stereocenters. The fourth-order valence-corrected chi connectivity index (χ4v) is 1.42. The molecule has 2 N–H and O–H groups in total. The summed E-state index contributed by atoms with van der Waals surface area (Å²) in [7, 11) is 0. The van der Waals surface area contributed by atoms with Gasteiger partial charge in [-0.2, -0.15) is 5.26 Å². The molecule has 0 amide bonds. The quantitative estimate of drug-likeness (QED) is 0.588. The van der Waals surface area contributed by atoms with Gasteiger partial charge in [0.15, 0.2) is 0 Å². The topological polar surface area (TPSA) is 49.8 Å². The first-order valence-corrected chi connectivity index (χ1v) is 4.38. The van der Waals surface area contributed by atoms with Gasteiger partial charge < -0.3 is 5.73 Å². The van der Waals surface area contributed by atoms with Crippen LogP contribution in [0.2, 0.25) is 0 Å². The van der Waals surface area contributed by atoms with Crippen LogP contribution in [0, 0.1) is 23.0 Å². The Bertz CT molecular complexity index is 337. The fraction of sp³-hybridized carbons (Fsp3) is 0.125. The highest BCUT2D eigenvalue weighted by molar-refractivity contribution is 7.99. The Labute approximate surface area is 78.3 Å². The molecular formula is C8H6F2N2S. The zero-order valence-corrected chi connectivity index (χ0v) is 7.37. The van der Waals surface area contributed by atoms with Crippen LogP contribution in [-0.2, 0) is 0 Å². The number of nitrogen functional groups attached to an aromatic ring is 1. The summed E-state index contributed by atoms with van der Waals surface area (Å²) >= 11 is 0.816. The molecular weight excluding hydrogens is 194 g/mol. The first-order chi connectivity index (χ1) is 6.15. The summed E-state index contributed by atoms with van der Waals surface area (Å²) in [4.78, 5) is -0.157. The summed E-state index contributed by atoms with van der Waals surface area (Å²) in [5, 5.41) is 8.22. The maximum absolute atomic E-state index is 13.0. The van der Waals surface area contributed by atoms with Crippen molar-refractivity contribution in [3.8, 4) is 6.07 Å². The molecule has 0 radical (unpaired) electrons. The van der Waals surface area contributed by atoms with Crippen molar-refractivity contribution < 1.29 is 8.78 Å². The van der Waals surface area contributed by atoms with Gasteiger partial charge in [-0.15, -0.1) is 11.8 Å². The van der Waals surface area contributed by atoms with Gasteiger partial charge in [-0.1, -0.05) is 0 Å². The van der Waals surface area contributed by atoms with E-state index in [0.717, 1.165) is 23.9 Å². The number of nitrogens with two attached hydrogens (primary N) is 1. The van der Waals surface area contributed by atoms with Crippen molar-refractivity contribution in [2.45, 2.75) is 4.90 Å². The van der Waals surface area contributed by atoms with Crippen LogP contribution in [0.1, 0.15) is 0 Å². The predicted molar refractivity (Wildman–Crippen MR) is 47.1 cm³/mol. The van der Waals surface area contributed by atoms with Crippen LogP contribution in [0.4, 0.5) is 14.5 Å². The molecule has 0 fully saturated rings. The first kappa shape index (κ1) is 9.81. The maximum Gasteiger partial charge on any atom is 0.141 e. The number of thioether (sulfide) groups is 1. The number of hydrogen-bond acceptors (Lipinski definition) is 3. The molecule has 0 saturated heterocycles. The summed E-state index contributed by atoms with van der Waals surface area (Å²) in [6.07, 6.45) is 0.